The Kier molecular flexibility index (Phi) is 5.54. The van der Waals surface area contributed by atoms with Gasteiger partial charge in [0.1, 0.15) is 5.75 Å². The molecule has 1 saturated heterocycles. The summed E-state index contributed by atoms with van der Waals surface area (Å²) < 4.78 is 5.53. The van der Waals surface area contributed by atoms with E-state index in [0.717, 1.165) is 11.7 Å². The van der Waals surface area contributed by atoms with Gasteiger partial charge in [0.25, 0.3) is 0 Å². The molecule has 2 aliphatic rings. The van der Waals surface area contributed by atoms with Gasteiger partial charge in [0, 0.05) is 18.5 Å². The first kappa shape index (κ1) is 18.6. The lowest BCUT2D eigenvalue weighted by Crippen LogP contribution is -2.51. The Morgan fingerprint density at radius 1 is 1.07 bits per heavy atom. The van der Waals surface area contributed by atoms with Crippen LogP contribution in [0.2, 0.25) is 0 Å². The number of hydrogen-bond acceptors (Lipinski definition) is 2. The van der Waals surface area contributed by atoms with Gasteiger partial charge in [-0.3, -0.25) is 0 Å². The molecule has 1 aliphatic carbocycles. The van der Waals surface area contributed by atoms with Crippen molar-refractivity contribution in [1.29, 1.82) is 0 Å². The zero-order chi connectivity index (χ0) is 18.7. The van der Waals surface area contributed by atoms with Crippen LogP contribution in [-0.4, -0.2) is 31.6 Å². The highest BCUT2D eigenvalue weighted by molar-refractivity contribution is 5.36. The van der Waals surface area contributed by atoms with Crippen molar-refractivity contribution < 1.29 is 4.74 Å². The number of ether oxygens (including phenoxy) is 1. The Labute approximate surface area is 164 Å². The van der Waals surface area contributed by atoms with E-state index in [9.17, 15) is 0 Å². The smallest absolute Gasteiger partial charge is 0.119 e. The first-order valence-electron chi connectivity index (χ1n) is 10.6. The van der Waals surface area contributed by atoms with E-state index in [0.29, 0.717) is 5.41 Å². The van der Waals surface area contributed by atoms with Crippen molar-refractivity contribution in [2.75, 3.05) is 26.7 Å². The number of aryl methyl sites for hydroxylation is 1. The molecule has 1 aliphatic heterocycles. The third kappa shape index (κ3) is 3.91. The fraction of sp³-hybridized carbons (Fsp3) is 0.520. The first-order chi connectivity index (χ1) is 13.2. The molecule has 0 N–H and O–H groups in total. The van der Waals surface area contributed by atoms with Crippen LogP contribution in [0.5, 0.6) is 5.75 Å². The van der Waals surface area contributed by atoms with Crippen LogP contribution in [0.15, 0.2) is 48.5 Å². The van der Waals surface area contributed by atoms with Gasteiger partial charge in [-0.25, -0.2) is 0 Å². The fourth-order valence-corrected chi connectivity index (χ4v) is 5.37. The molecule has 1 heterocycles. The number of benzene rings is 2. The molecule has 2 heteroatoms. The first-order valence-corrected chi connectivity index (χ1v) is 10.6. The van der Waals surface area contributed by atoms with E-state index in [1.165, 1.54) is 74.8 Å². The van der Waals surface area contributed by atoms with Crippen LogP contribution in [0.4, 0.5) is 0 Å². The van der Waals surface area contributed by atoms with Crippen LogP contribution in [0.25, 0.3) is 0 Å². The van der Waals surface area contributed by atoms with E-state index in [-0.39, 0.29) is 0 Å². The molecule has 2 nitrogen and oxygen atoms in total. The SMILES string of the molecule is COc1cccc([C@@]23CCCC[C@H]2CN(CCc2ccc(C)cc2)CC3)c1. The Morgan fingerprint density at radius 2 is 1.93 bits per heavy atom. The zero-order valence-electron chi connectivity index (χ0n) is 16.9. The molecule has 0 radical (unpaired) electrons. The van der Waals surface area contributed by atoms with Crippen LogP contribution in [0.1, 0.15) is 48.8 Å². The predicted molar refractivity (Wildman–Crippen MR) is 113 cm³/mol. The van der Waals surface area contributed by atoms with Crippen LogP contribution in [0, 0.1) is 12.8 Å². The normalized spacial score (nSPS) is 25.8. The average Bonchev–Trinajstić information content (AvgIpc) is 2.73. The number of rotatable bonds is 5. The van der Waals surface area contributed by atoms with Gasteiger partial charge < -0.3 is 9.64 Å². The van der Waals surface area contributed by atoms with Crippen molar-refractivity contribution in [1.82, 2.24) is 4.90 Å². The summed E-state index contributed by atoms with van der Waals surface area (Å²) in [5.41, 5.74) is 4.70. The van der Waals surface area contributed by atoms with Crippen LogP contribution in [0.3, 0.4) is 0 Å². The summed E-state index contributed by atoms with van der Waals surface area (Å²) >= 11 is 0. The number of fused-ring (bicyclic) bond motifs is 1. The lowest BCUT2D eigenvalue weighted by Gasteiger charge is -2.51. The zero-order valence-corrected chi connectivity index (χ0v) is 16.9. The van der Waals surface area contributed by atoms with Gasteiger partial charge in [-0.15, -0.1) is 0 Å². The number of hydrogen-bond donors (Lipinski definition) is 0. The molecule has 144 valence electrons. The van der Waals surface area contributed by atoms with E-state index >= 15 is 0 Å². The van der Waals surface area contributed by atoms with Gasteiger partial charge in [-0.05, 0) is 68.3 Å². The van der Waals surface area contributed by atoms with Crippen LogP contribution >= 0.6 is 0 Å². The van der Waals surface area contributed by atoms with Crippen molar-refractivity contribution in [3.8, 4) is 5.75 Å². The van der Waals surface area contributed by atoms with E-state index in [2.05, 4.69) is 60.4 Å². The molecule has 0 spiro atoms. The molecule has 2 aromatic carbocycles. The van der Waals surface area contributed by atoms with E-state index in [4.69, 9.17) is 4.74 Å². The summed E-state index contributed by atoms with van der Waals surface area (Å²) in [6, 6.07) is 18.0. The molecule has 0 unspecified atom stereocenters. The highest BCUT2D eigenvalue weighted by atomic mass is 16.5. The van der Waals surface area contributed by atoms with Crippen molar-refractivity contribution in [2.24, 2.45) is 5.92 Å². The largest absolute Gasteiger partial charge is 0.497 e. The molecule has 1 saturated carbocycles. The second kappa shape index (κ2) is 8.06. The summed E-state index contributed by atoms with van der Waals surface area (Å²) in [4.78, 5) is 2.72. The molecule has 27 heavy (non-hydrogen) atoms. The molecule has 0 aromatic heterocycles. The third-order valence-corrected chi connectivity index (χ3v) is 7.04. The molecule has 0 amide bonds. The maximum Gasteiger partial charge on any atom is 0.119 e. The molecule has 2 fully saturated rings. The lowest BCUT2D eigenvalue weighted by molar-refractivity contribution is 0.0568. The number of piperidine rings is 1. The van der Waals surface area contributed by atoms with Gasteiger partial charge in [0.2, 0.25) is 0 Å². The highest BCUT2D eigenvalue weighted by Crippen LogP contribution is 2.49. The molecule has 4 rings (SSSR count). The van der Waals surface area contributed by atoms with Gasteiger partial charge >= 0.3 is 0 Å². The van der Waals surface area contributed by atoms with E-state index in [1.54, 1.807) is 7.11 Å². The second-order valence-corrected chi connectivity index (χ2v) is 8.62. The van der Waals surface area contributed by atoms with Gasteiger partial charge in [-0.1, -0.05) is 54.8 Å². The van der Waals surface area contributed by atoms with Gasteiger partial charge in [0.15, 0.2) is 0 Å². The minimum atomic E-state index is 0.368. The van der Waals surface area contributed by atoms with E-state index in [1.807, 2.05) is 0 Å². The molecule has 2 aromatic rings. The number of methoxy groups -OCH3 is 1. The molecule has 2 atom stereocenters. The molecular formula is C25H33NO. The summed E-state index contributed by atoms with van der Waals surface area (Å²) in [6.45, 7) is 5.83. The van der Waals surface area contributed by atoms with Crippen molar-refractivity contribution in [3.63, 3.8) is 0 Å². The van der Waals surface area contributed by atoms with Crippen molar-refractivity contribution >= 4 is 0 Å². The monoisotopic (exact) mass is 363 g/mol. The second-order valence-electron chi connectivity index (χ2n) is 8.62. The van der Waals surface area contributed by atoms with Crippen LogP contribution in [-0.2, 0) is 11.8 Å². The third-order valence-electron chi connectivity index (χ3n) is 7.04. The Hall–Kier alpha value is -1.80. The van der Waals surface area contributed by atoms with E-state index < -0.39 is 0 Å². The lowest BCUT2D eigenvalue weighted by atomic mass is 9.59. The summed E-state index contributed by atoms with van der Waals surface area (Å²) in [6.07, 6.45) is 7.94. The summed E-state index contributed by atoms with van der Waals surface area (Å²) in [5, 5.41) is 0. The quantitative estimate of drug-likeness (QED) is 0.707. The topological polar surface area (TPSA) is 12.5 Å². The summed E-state index contributed by atoms with van der Waals surface area (Å²) in [7, 11) is 1.78. The maximum absolute atomic E-state index is 5.53. The standard InChI is InChI=1S/C25H33NO/c1-20-9-11-21(12-10-20)13-16-26-17-15-25(14-4-3-6-23(25)19-26)22-7-5-8-24(18-22)27-2/h5,7-12,18,23H,3-4,6,13-17,19H2,1-2H3/t23-,25-/m0/s1. The Bertz CT molecular complexity index is 753. The van der Waals surface area contributed by atoms with Crippen LogP contribution < -0.4 is 4.74 Å². The minimum absolute atomic E-state index is 0.368. The fourth-order valence-electron chi connectivity index (χ4n) is 5.37. The van der Waals surface area contributed by atoms with Crippen molar-refractivity contribution in [2.45, 2.75) is 50.9 Å². The molecular weight excluding hydrogens is 330 g/mol. The average molecular weight is 364 g/mol. The van der Waals surface area contributed by atoms with Crippen molar-refractivity contribution in [3.05, 3.63) is 65.2 Å². The minimum Gasteiger partial charge on any atom is -0.497 e. The molecule has 0 bridgehead atoms. The van der Waals surface area contributed by atoms with Gasteiger partial charge in [0.05, 0.1) is 7.11 Å². The Balaban J connectivity index is 1.46. The Morgan fingerprint density at radius 3 is 2.74 bits per heavy atom. The number of likely N-dealkylation sites (tertiary alicyclic amines) is 1. The van der Waals surface area contributed by atoms with Gasteiger partial charge in [-0.2, -0.15) is 0 Å². The number of nitrogens with zero attached hydrogens (tertiary/aromatic N) is 1. The summed E-state index contributed by atoms with van der Waals surface area (Å²) in [5.74, 6) is 1.79. The highest BCUT2D eigenvalue weighted by Gasteiger charge is 2.45. The maximum atomic E-state index is 5.53. The predicted octanol–water partition coefficient (Wildman–Crippen LogP) is 5.38.